The Hall–Kier alpha value is -0.870. The number of aldehydes is 1. The Morgan fingerprint density at radius 3 is 2.69 bits per heavy atom. The van der Waals surface area contributed by atoms with Crippen LogP contribution in [0.3, 0.4) is 0 Å². The molecule has 0 aliphatic carbocycles. The lowest BCUT2D eigenvalue weighted by molar-refractivity contribution is 0.112. The molecule has 0 atom stereocenters. The van der Waals surface area contributed by atoms with Gasteiger partial charge in [0.15, 0.2) is 6.29 Å². The van der Waals surface area contributed by atoms with Crippen LogP contribution in [0.5, 0.6) is 0 Å². The largest absolute Gasteiger partial charge is 0.363 e. The first-order valence-electron chi connectivity index (χ1n) is 5.67. The third-order valence-electron chi connectivity index (χ3n) is 3.31. The number of nitrogens with zero attached hydrogens (tertiary/aromatic N) is 2. The van der Waals surface area contributed by atoms with E-state index in [0.29, 0.717) is 6.04 Å². The van der Waals surface area contributed by atoms with Crippen LogP contribution >= 0.6 is 11.3 Å². The summed E-state index contributed by atoms with van der Waals surface area (Å²) in [6.45, 7) is 2.34. The number of anilines is 1. The number of hydrogen-bond donors (Lipinski definition) is 0. The molecule has 1 fully saturated rings. The van der Waals surface area contributed by atoms with Gasteiger partial charge >= 0.3 is 0 Å². The highest BCUT2D eigenvalue weighted by Crippen LogP contribution is 2.28. The monoisotopic (exact) mass is 238 g/mol. The van der Waals surface area contributed by atoms with E-state index in [1.165, 1.54) is 30.9 Å². The summed E-state index contributed by atoms with van der Waals surface area (Å²) in [5.74, 6) is 0. The quantitative estimate of drug-likeness (QED) is 0.753. The number of rotatable bonds is 3. The second kappa shape index (κ2) is 4.97. The van der Waals surface area contributed by atoms with Crippen LogP contribution in [-0.2, 0) is 0 Å². The third-order valence-corrected chi connectivity index (χ3v) is 4.41. The summed E-state index contributed by atoms with van der Waals surface area (Å²) in [6.07, 6.45) is 3.35. The molecule has 1 aromatic rings. The minimum Gasteiger partial charge on any atom is -0.363 e. The highest BCUT2D eigenvalue weighted by molar-refractivity contribution is 7.17. The Morgan fingerprint density at radius 2 is 2.12 bits per heavy atom. The molecule has 3 nitrogen and oxygen atoms in total. The molecule has 2 heterocycles. The number of carbonyl (C=O) groups excluding carboxylic acids is 1. The van der Waals surface area contributed by atoms with Crippen molar-refractivity contribution in [3.05, 3.63) is 17.0 Å². The molecule has 0 bridgehead atoms. The standard InChI is InChI=1S/C12H18N2OS/c1-13-7-5-10(6-8-13)14(2)12-4-3-11(9-15)16-12/h3-4,9-10H,5-8H2,1-2H3. The average molecular weight is 238 g/mol. The highest BCUT2D eigenvalue weighted by Gasteiger charge is 2.21. The fourth-order valence-corrected chi connectivity index (χ4v) is 3.01. The second-order valence-electron chi connectivity index (χ2n) is 4.44. The summed E-state index contributed by atoms with van der Waals surface area (Å²) in [4.78, 5) is 16.2. The lowest BCUT2D eigenvalue weighted by atomic mass is 10.0. The number of likely N-dealkylation sites (tertiary alicyclic amines) is 1. The van der Waals surface area contributed by atoms with Crippen molar-refractivity contribution in [2.24, 2.45) is 0 Å². The molecule has 2 rings (SSSR count). The summed E-state index contributed by atoms with van der Waals surface area (Å²) >= 11 is 1.58. The van der Waals surface area contributed by atoms with Crippen molar-refractivity contribution in [2.45, 2.75) is 18.9 Å². The van der Waals surface area contributed by atoms with E-state index in [4.69, 9.17) is 0 Å². The molecular formula is C12H18N2OS. The van der Waals surface area contributed by atoms with Gasteiger partial charge in [-0.15, -0.1) is 11.3 Å². The lowest BCUT2D eigenvalue weighted by Crippen LogP contribution is -2.41. The maximum Gasteiger partial charge on any atom is 0.160 e. The van der Waals surface area contributed by atoms with Gasteiger partial charge in [-0.3, -0.25) is 4.79 Å². The minimum absolute atomic E-state index is 0.620. The van der Waals surface area contributed by atoms with Crippen LogP contribution in [0.25, 0.3) is 0 Å². The van der Waals surface area contributed by atoms with E-state index in [-0.39, 0.29) is 0 Å². The van der Waals surface area contributed by atoms with Gasteiger partial charge in [0.2, 0.25) is 0 Å². The summed E-state index contributed by atoms with van der Waals surface area (Å²) in [5, 5.41) is 1.21. The smallest absolute Gasteiger partial charge is 0.160 e. The summed E-state index contributed by atoms with van der Waals surface area (Å²) in [7, 11) is 4.31. The first kappa shape index (κ1) is 11.6. The molecule has 1 aliphatic rings. The topological polar surface area (TPSA) is 23.6 Å². The molecule has 88 valence electrons. The van der Waals surface area contributed by atoms with Crippen molar-refractivity contribution < 1.29 is 4.79 Å². The van der Waals surface area contributed by atoms with Crippen LogP contribution in [-0.4, -0.2) is 44.4 Å². The number of piperidine rings is 1. The summed E-state index contributed by atoms with van der Waals surface area (Å²) in [5.41, 5.74) is 0. The molecule has 0 N–H and O–H groups in total. The van der Waals surface area contributed by atoms with Crippen molar-refractivity contribution in [1.29, 1.82) is 0 Å². The molecule has 0 amide bonds. The Labute approximate surface area is 101 Å². The average Bonchev–Trinajstić information content (AvgIpc) is 2.77. The first-order valence-corrected chi connectivity index (χ1v) is 6.48. The van der Waals surface area contributed by atoms with Crippen molar-refractivity contribution in [3.63, 3.8) is 0 Å². The van der Waals surface area contributed by atoms with Crippen LogP contribution < -0.4 is 4.90 Å². The van der Waals surface area contributed by atoms with Gasteiger partial charge in [-0.25, -0.2) is 0 Å². The molecule has 16 heavy (non-hydrogen) atoms. The predicted molar refractivity (Wildman–Crippen MR) is 68.6 cm³/mol. The summed E-state index contributed by atoms with van der Waals surface area (Å²) in [6, 6.07) is 4.57. The van der Waals surface area contributed by atoms with Crippen molar-refractivity contribution >= 4 is 22.6 Å². The van der Waals surface area contributed by atoms with E-state index in [1.807, 2.05) is 12.1 Å². The minimum atomic E-state index is 0.620. The van der Waals surface area contributed by atoms with E-state index in [2.05, 4.69) is 23.9 Å². The zero-order valence-electron chi connectivity index (χ0n) is 9.85. The van der Waals surface area contributed by atoms with Crippen molar-refractivity contribution in [2.75, 3.05) is 32.1 Å². The Balaban J connectivity index is 2.01. The Kier molecular flexibility index (Phi) is 3.61. The maximum atomic E-state index is 10.6. The van der Waals surface area contributed by atoms with Gasteiger partial charge in [0.1, 0.15) is 0 Å². The highest BCUT2D eigenvalue weighted by atomic mass is 32.1. The van der Waals surface area contributed by atoms with E-state index in [1.54, 1.807) is 11.3 Å². The van der Waals surface area contributed by atoms with Gasteiger partial charge < -0.3 is 9.80 Å². The number of thiophene rings is 1. The molecule has 0 radical (unpaired) electrons. The Bertz CT molecular complexity index is 356. The zero-order chi connectivity index (χ0) is 11.5. The van der Waals surface area contributed by atoms with Gasteiger partial charge in [-0.05, 0) is 45.1 Å². The molecule has 0 saturated carbocycles. The van der Waals surface area contributed by atoms with Gasteiger partial charge in [-0.2, -0.15) is 0 Å². The fraction of sp³-hybridized carbons (Fsp3) is 0.583. The number of carbonyl (C=O) groups is 1. The first-order chi connectivity index (χ1) is 7.70. The van der Waals surface area contributed by atoms with Gasteiger partial charge in [0, 0.05) is 13.1 Å². The van der Waals surface area contributed by atoms with Gasteiger partial charge in [0.25, 0.3) is 0 Å². The lowest BCUT2D eigenvalue weighted by Gasteiger charge is -2.35. The fourth-order valence-electron chi connectivity index (χ4n) is 2.16. The normalized spacial score (nSPS) is 18.6. The van der Waals surface area contributed by atoms with E-state index >= 15 is 0 Å². The predicted octanol–water partition coefficient (Wildman–Crippen LogP) is 2.09. The van der Waals surface area contributed by atoms with Crippen LogP contribution in [0.1, 0.15) is 22.5 Å². The van der Waals surface area contributed by atoms with Crippen LogP contribution in [0.4, 0.5) is 5.00 Å². The zero-order valence-corrected chi connectivity index (χ0v) is 10.7. The van der Waals surface area contributed by atoms with Crippen molar-refractivity contribution in [1.82, 2.24) is 4.90 Å². The van der Waals surface area contributed by atoms with Gasteiger partial charge in [0.05, 0.1) is 9.88 Å². The molecule has 1 aromatic heterocycles. The molecule has 0 spiro atoms. The van der Waals surface area contributed by atoms with Gasteiger partial charge in [-0.1, -0.05) is 0 Å². The molecule has 4 heteroatoms. The van der Waals surface area contributed by atoms with E-state index in [9.17, 15) is 4.79 Å². The molecule has 1 saturated heterocycles. The van der Waals surface area contributed by atoms with Crippen LogP contribution in [0.15, 0.2) is 12.1 Å². The maximum absolute atomic E-state index is 10.6. The van der Waals surface area contributed by atoms with Crippen LogP contribution in [0.2, 0.25) is 0 Å². The third kappa shape index (κ3) is 2.44. The number of hydrogen-bond acceptors (Lipinski definition) is 4. The van der Waals surface area contributed by atoms with Crippen LogP contribution in [0, 0.1) is 0 Å². The molecule has 1 aliphatic heterocycles. The Morgan fingerprint density at radius 1 is 1.44 bits per heavy atom. The molecule has 0 aromatic carbocycles. The summed E-state index contributed by atoms with van der Waals surface area (Å²) < 4.78 is 0. The van der Waals surface area contributed by atoms with E-state index < -0.39 is 0 Å². The molecular weight excluding hydrogens is 220 g/mol. The SMILES string of the molecule is CN1CCC(N(C)c2ccc(C=O)s2)CC1. The van der Waals surface area contributed by atoms with E-state index in [0.717, 1.165) is 11.2 Å². The molecule has 0 unspecified atom stereocenters. The van der Waals surface area contributed by atoms with Crippen molar-refractivity contribution in [3.8, 4) is 0 Å². The second-order valence-corrected chi connectivity index (χ2v) is 5.53.